The van der Waals surface area contributed by atoms with Crippen LogP contribution in [0.25, 0.3) is 11.1 Å². The molecule has 1 heterocycles. The minimum Gasteiger partial charge on any atom is -0.310 e. The van der Waals surface area contributed by atoms with Crippen LogP contribution in [0.15, 0.2) is 91.0 Å². The zero-order valence-corrected chi connectivity index (χ0v) is 20.8. The van der Waals surface area contributed by atoms with Crippen LogP contribution in [0.4, 0.5) is 0 Å². The second-order valence-electron chi connectivity index (χ2n) is 9.58. The van der Waals surface area contributed by atoms with Crippen LogP contribution in [0.2, 0.25) is 0 Å². The number of ketones is 1. The van der Waals surface area contributed by atoms with Gasteiger partial charge in [0.15, 0.2) is 0 Å². The summed E-state index contributed by atoms with van der Waals surface area (Å²) in [6, 6.07) is 33.5. The van der Waals surface area contributed by atoms with Crippen molar-refractivity contribution in [2.45, 2.75) is 45.6 Å². The molecule has 1 N–H and O–H groups in total. The number of allylic oxidation sites excluding steroid dienone is 2. The predicted molar refractivity (Wildman–Crippen MR) is 146 cm³/mol. The maximum Gasteiger partial charge on any atom is 0.135 e. The lowest BCUT2D eigenvalue weighted by Crippen LogP contribution is -2.38. The number of carbonyl (C=O) groups is 1. The second kappa shape index (κ2) is 12.3. The molecule has 35 heavy (non-hydrogen) atoms. The van der Waals surface area contributed by atoms with E-state index in [1.54, 1.807) is 0 Å². The summed E-state index contributed by atoms with van der Waals surface area (Å²) in [6.45, 7) is 5.14. The summed E-state index contributed by atoms with van der Waals surface area (Å²) in [4.78, 5) is 12.9. The molecule has 3 aromatic rings. The van der Waals surface area contributed by atoms with Gasteiger partial charge >= 0.3 is 0 Å². The largest absolute Gasteiger partial charge is 0.310 e. The Kier molecular flexibility index (Phi) is 8.71. The van der Waals surface area contributed by atoms with Gasteiger partial charge in [0.25, 0.3) is 0 Å². The first-order chi connectivity index (χ1) is 17.1. The summed E-state index contributed by atoms with van der Waals surface area (Å²) in [7, 11) is 0. The van der Waals surface area contributed by atoms with E-state index in [0.29, 0.717) is 18.1 Å². The minimum atomic E-state index is 0.0341. The van der Waals surface area contributed by atoms with Gasteiger partial charge in [-0.1, -0.05) is 111 Å². The Labute approximate surface area is 210 Å². The molecular formula is C33H35NO. The van der Waals surface area contributed by atoms with Gasteiger partial charge in [0.05, 0.1) is 0 Å². The lowest BCUT2D eigenvalue weighted by Gasteiger charge is -2.29. The first-order valence-electron chi connectivity index (χ1n) is 12.8. The van der Waals surface area contributed by atoms with Crippen LogP contribution in [0.5, 0.6) is 0 Å². The lowest BCUT2D eigenvalue weighted by molar-refractivity contribution is -0.122. The molecule has 3 aromatic carbocycles. The molecular weight excluding hydrogens is 426 g/mol. The van der Waals surface area contributed by atoms with Crippen molar-refractivity contribution in [3.05, 3.63) is 120 Å². The van der Waals surface area contributed by atoms with E-state index < -0.39 is 0 Å². The van der Waals surface area contributed by atoms with Crippen LogP contribution < -0.4 is 5.32 Å². The fourth-order valence-corrected chi connectivity index (χ4v) is 4.88. The highest BCUT2D eigenvalue weighted by molar-refractivity contribution is 6.05. The van der Waals surface area contributed by atoms with Crippen LogP contribution in [0.1, 0.15) is 49.8 Å². The Balaban J connectivity index is 1.45. The SMILES string of the molecule is CC(CC1NC/C=C(c2ccccc2)\C(c2ccccc2)=C/C1C)C(=O)CCCc1c#cccc1. The average Bonchev–Trinajstić information content (AvgIpc) is 2.89. The number of carbonyl (C=O) groups excluding carboxylic acids is 1. The monoisotopic (exact) mass is 461 g/mol. The van der Waals surface area contributed by atoms with Crippen molar-refractivity contribution in [1.82, 2.24) is 5.32 Å². The molecule has 0 saturated heterocycles. The fourth-order valence-electron chi connectivity index (χ4n) is 4.88. The summed E-state index contributed by atoms with van der Waals surface area (Å²) in [5.74, 6) is 0.683. The van der Waals surface area contributed by atoms with Gasteiger partial charge in [0.1, 0.15) is 5.78 Å². The number of nitrogens with one attached hydrogen (secondary N) is 1. The summed E-state index contributed by atoms with van der Waals surface area (Å²) in [5.41, 5.74) is 6.11. The fraction of sp³-hybridized carbons (Fsp3) is 0.303. The van der Waals surface area contributed by atoms with Gasteiger partial charge in [-0.25, -0.2) is 0 Å². The molecule has 2 nitrogen and oxygen atoms in total. The van der Waals surface area contributed by atoms with Crippen molar-refractivity contribution in [2.24, 2.45) is 11.8 Å². The zero-order chi connectivity index (χ0) is 24.5. The van der Waals surface area contributed by atoms with Crippen molar-refractivity contribution in [3.63, 3.8) is 0 Å². The van der Waals surface area contributed by atoms with Crippen molar-refractivity contribution in [3.8, 4) is 0 Å². The molecule has 1 aliphatic rings. The average molecular weight is 462 g/mol. The molecule has 178 valence electrons. The molecule has 1 aliphatic heterocycles. The van der Waals surface area contributed by atoms with E-state index in [2.05, 4.69) is 110 Å². The number of Topliss-reactive ketones (excluding diaryl/α,β-unsaturated/α-hetero) is 1. The van der Waals surface area contributed by atoms with Crippen molar-refractivity contribution in [2.75, 3.05) is 6.54 Å². The van der Waals surface area contributed by atoms with Gasteiger partial charge in [-0.15, -0.1) is 0 Å². The van der Waals surface area contributed by atoms with Crippen molar-refractivity contribution < 1.29 is 4.79 Å². The highest BCUT2D eigenvalue weighted by atomic mass is 16.1. The molecule has 0 aromatic heterocycles. The Bertz CT molecular complexity index is 1130. The molecule has 0 aliphatic carbocycles. The summed E-state index contributed by atoms with van der Waals surface area (Å²) >= 11 is 0. The Morgan fingerprint density at radius 2 is 1.66 bits per heavy atom. The number of rotatable bonds is 9. The van der Waals surface area contributed by atoms with E-state index in [0.717, 1.165) is 31.4 Å². The normalized spacial score (nSPS) is 21.9. The van der Waals surface area contributed by atoms with Gasteiger partial charge in [0, 0.05) is 30.5 Å². The van der Waals surface area contributed by atoms with Crippen LogP contribution in [-0.4, -0.2) is 18.4 Å². The molecule has 2 heteroatoms. The number of hydrogen-bond donors (Lipinski definition) is 1. The number of aryl methyl sites for hydroxylation is 1. The van der Waals surface area contributed by atoms with E-state index >= 15 is 0 Å². The van der Waals surface area contributed by atoms with Gasteiger partial charge in [-0.05, 0) is 53.5 Å². The van der Waals surface area contributed by atoms with E-state index in [-0.39, 0.29) is 12.0 Å². The highest BCUT2D eigenvalue weighted by Crippen LogP contribution is 2.34. The summed E-state index contributed by atoms with van der Waals surface area (Å²) in [6.07, 6.45) is 7.90. The summed E-state index contributed by atoms with van der Waals surface area (Å²) in [5, 5.41) is 3.73. The molecule has 3 atom stereocenters. The maximum atomic E-state index is 12.9. The molecule has 0 saturated carbocycles. The highest BCUT2D eigenvalue weighted by Gasteiger charge is 2.24. The van der Waals surface area contributed by atoms with E-state index in [1.165, 1.54) is 22.3 Å². The van der Waals surface area contributed by atoms with Gasteiger partial charge in [-0.2, -0.15) is 0 Å². The lowest BCUT2D eigenvalue weighted by atomic mass is 9.83. The van der Waals surface area contributed by atoms with E-state index in [1.807, 2.05) is 12.1 Å². The smallest absolute Gasteiger partial charge is 0.135 e. The molecule has 0 bridgehead atoms. The van der Waals surface area contributed by atoms with Crippen LogP contribution in [-0.2, 0) is 11.2 Å². The summed E-state index contributed by atoms with van der Waals surface area (Å²) < 4.78 is 0. The van der Waals surface area contributed by atoms with Crippen molar-refractivity contribution >= 4 is 16.9 Å². The number of hydrogen-bond acceptors (Lipinski definition) is 2. The van der Waals surface area contributed by atoms with Gasteiger partial charge in [0.2, 0.25) is 0 Å². The van der Waals surface area contributed by atoms with E-state index in [9.17, 15) is 4.79 Å². The number of benzene rings is 2. The maximum absolute atomic E-state index is 12.9. The third-order valence-electron chi connectivity index (χ3n) is 6.95. The molecule has 4 rings (SSSR count). The molecule has 0 fully saturated rings. The van der Waals surface area contributed by atoms with Crippen LogP contribution >= 0.6 is 0 Å². The first kappa shape index (κ1) is 24.7. The first-order valence-corrected chi connectivity index (χ1v) is 12.8. The Morgan fingerprint density at radius 1 is 0.971 bits per heavy atom. The van der Waals surface area contributed by atoms with Crippen molar-refractivity contribution in [1.29, 1.82) is 0 Å². The molecule has 0 radical (unpaired) electrons. The standard InChI is InChI=1S/C33H35NO/c1-25-23-31(29-18-10-5-11-19-29)30(28-16-8-4-9-17-28)21-22-34-32(25)24-26(2)33(35)20-12-15-27-13-6-3-7-14-27/h3-6,8-11,13,16-19,21,23,25-26,32,34H,12,15,20,22,24H2,1-2H3/b30-21-,31-23-. The van der Waals surface area contributed by atoms with Crippen LogP contribution in [0.3, 0.4) is 0 Å². The van der Waals surface area contributed by atoms with E-state index in [4.69, 9.17) is 0 Å². The van der Waals surface area contributed by atoms with Gasteiger partial charge < -0.3 is 5.32 Å². The molecule has 0 amide bonds. The third-order valence-corrected chi connectivity index (χ3v) is 6.95. The predicted octanol–water partition coefficient (Wildman–Crippen LogP) is 6.98. The minimum absolute atomic E-state index is 0.0341. The van der Waals surface area contributed by atoms with Crippen LogP contribution in [0, 0.1) is 24.0 Å². The quantitative estimate of drug-likeness (QED) is 0.372. The molecule has 3 unspecified atom stereocenters. The Hall–Kier alpha value is -3.41. The van der Waals surface area contributed by atoms with Gasteiger partial charge in [-0.3, -0.25) is 4.79 Å². The zero-order valence-electron chi connectivity index (χ0n) is 20.8. The Morgan fingerprint density at radius 3 is 2.31 bits per heavy atom. The second-order valence-corrected chi connectivity index (χ2v) is 9.58. The molecule has 0 spiro atoms. The topological polar surface area (TPSA) is 29.1 Å². The third kappa shape index (κ3) is 6.81.